The molecule has 5 heteroatoms. The van der Waals surface area contributed by atoms with Crippen molar-refractivity contribution >= 4 is 64.1 Å². The Morgan fingerprint density at radius 2 is 1.07 bits per heavy atom. The van der Waals surface area contributed by atoms with Crippen LogP contribution in [0.4, 0.5) is 0 Å². The smallest absolute Gasteiger partial charge is 0.164 e. The molecule has 0 saturated carbocycles. The van der Waals surface area contributed by atoms with E-state index in [0.717, 1.165) is 53.1 Å². The first kappa shape index (κ1) is 19.8. The Balaban J connectivity index is 1.15. The first-order valence-corrected chi connectivity index (χ1v) is 17.8. The number of hydrogen-bond acceptors (Lipinski definition) is 4. The highest BCUT2D eigenvalue weighted by Crippen LogP contribution is 2.42. The van der Waals surface area contributed by atoms with Gasteiger partial charge in [0.2, 0.25) is 0 Å². The van der Waals surface area contributed by atoms with Crippen LogP contribution in [0.15, 0.2) is 182 Å². The van der Waals surface area contributed by atoms with Crippen LogP contribution in [0.1, 0.15) is 19.2 Å². The fourth-order valence-corrected chi connectivity index (χ4v) is 8.24. The molecule has 0 fully saturated rings. The predicted octanol–water partition coefficient (Wildman–Crippen LogP) is 13.2. The number of aromatic nitrogens is 4. The van der Waals surface area contributed by atoms with Gasteiger partial charge in [0.15, 0.2) is 17.5 Å². The van der Waals surface area contributed by atoms with E-state index in [4.69, 9.17) is 26.4 Å². The number of benzene rings is 8. The summed E-state index contributed by atoms with van der Waals surface area (Å²) in [7, 11) is 0. The van der Waals surface area contributed by atoms with Crippen LogP contribution in [0.3, 0.4) is 0 Å². The van der Waals surface area contributed by atoms with Gasteiger partial charge in [0.1, 0.15) is 0 Å². The van der Waals surface area contributed by atoms with E-state index in [9.17, 15) is 2.74 Å². The Labute approximate surface area is 335 Å². The molecule has 4 nitrogen and oxygen atoms in total. The minimum absolute atomic E-state index is 0.0629. The molecule has 54 heavy (non-hydrogen) atoms. The second kappa shape index (κ2) is 12.3. The summed E-state index contributed by atoms with van der Waals surface area (Å²) in [5.41, 5.74) is 1.52. The first-order valence-electron chi connectivity index (χ1n) is 24.0. The van der Waals surface area contributed by atoms with Crippen molar-refractivity contribution in [3.63, 3.8) is 0 Å². The van der Waals surface area contributed by atoms with Crippen LogP contribution in [0.25, 0.3) is 104 Å². The van der Waals surface area contributed by atoms with Gasteiger partial charge in [0.05, 0.1) is 30.2 Å². The molecule has 0 aliphatic rings. The summed E-state index contributed by atoms with van der Waals surface area (Å²) in [6.45, 7) is 0. The molecule has 11 aromatic rings. The Bertz CT molecular complexity index is 3970. The van der Waals surface area contributed by atoms with Crippen molar-refractivity contribution in [2.75, 3.05) is 0 Å². The van der Waals surface area contributed by atoms with E-state index in [1.165, 1.54) is 11.3 Å². The summed E-state index contributed by atoms with van der Waals surface area (Å²) in [6, 6.07) is 22.8. The highest BCUT2D eigenvalue weighted by molar-refractivity contribution is 7.26. The van der Waals surface area contributed by atoms with E-state index in [1.54, 1.807) is 12.1 Å². The number of fused-ring (bicyclic) bond motifs is 7. The molecule has 0 radical (unpaired) electrons. The lowest BCUT2D eigenvalue weighted by Gasteiger charge is -2.11. The van der Waals surface area contributed by atoms with Gasteiger partial charge in [-0.3, -0.25) is 0 Å². The first-order chi connectivity index (χ1) is 32.6. The van der Waals surface area contributed by atoms with Gasteiger partial charge in [-0.2, -0.15) is 0 Å². The monoisotopic (exact) mass is 720 g/mol. The van der Waals surface area contributed by atoms with Gasteiger partial charge in [0, 0.05) is 53.3 Å². The molecule has 0 bridgehead atoms. The second-order valence-corrected chi connectivity index (χ2v) is 13.7. The van der Waals surface area contributed by atoms with Crippen LogP contribution in [0.2, 0.25) is 0 Å². The molecule has 0 unspecified atom stereocenters. The third-order valence-corrected chi connectivity index (χ3v) is 10.6. The number of thiophene rings is 1. The highest BCUT2D eigenvalue weighted by Gasteiger charge is 2.19. The summed E-state index contributed by atoms with van der Waals surface area (Å²) in [4.78, 5) is 14.0. The Hall–Kier alpha value is -6.95. The van der Waals surface area contributed by atoms with Crippen molar-refractivity contribution in [3.8, 4) is 51.0 Å². The second-order valence-electron chi connectivity index (χ2n) is 12.6. The summed E-state index contributed by atoms with van der Waals surface area (Å²) in [5, 5.41) is 6.01. The van der Waals surface area contributed by atoms with Crippen molar-refractivity contribution in [3.05, 3.63) is 182 Å². The third-order valence-electron chi connectivity index (χ3n) is 9.48. The zero-order chi connectivity index (χ0) is 47.8. The lowest BCUT2D eigenvalue weighted by atomic mass is 10.0. The lowest BCUT2D eigenvalue weighted by molar-refractivity contribution is 1.08. The normalized spacial score (nSPS) is 15.3. The van der Waals surface area contributed by atoms with Crippen LogP contribution in [0.5, 0.6) is 0 Å². The molecule has 0 atom stereocenters. The van der Waals surface area contributed by atoms with E-state index in [0.29, 0.717) is 10.9 Å². The van der Waals surface area contributed by atoms with Crippen LogP contribution >= 0.6 is 11.3 Å². The SMILES string of the molecule is [2H]c1c([2H])c([2H])c(-c2nc(-c3c([2H])c([2H])c(-c4c([2H])c([2H])c([2H])c([2H])c4[2H])c([2H])c3[2H])nc(-c3cccc4sc5cc(-n6c7ccccc7c7cc8ccccc8cc76)ccc5c34)n2)c([2H])c1[2H]. The van der Waals surface area contributed by atoms with E-state index in [-0.39, 0.29) is 5.82 Å². The fourth-order valence-electron chi connectivity index (χ4n) is 7.08. The molecule has 3 heterocycles. The van der Waals surface area contributed by atoms with Gasteiger partial charge in [0.25, 0.3) is 0 Å². The molecule has 0 amide bonds. The van der Waals surface area contributed by atoms with E-state index in [2.05, 4.69) is 52.0 Å². The van der Waals surface area contributed by atoms with Gasteiger partial charge < -0.3 is 4.57 Å². The topological polar surface area (TPSA) is 43.6 Å². The summed E-state index contributed by atoms with van der Waals surface area (Å²) >= 11 is 1.53. The molecule has 0 N–H and O–H groups in total. The Morgan fingerprint density at radius 3 is 1.85 bits per heavy atom. The summed E-state index contributed by atoms with van der Waals surface area (Å²) in [6.07, 6.45) is 0. The third kappa shape index (κ3) is 5.01. The molecule has 0 saturated heterocycles. The average molecular weight is 721 g/mol. The number of para-hydroxylation sites is 1. The minimum atomic E-state index is -0.746. The lowest BCUT2D eigenvalue weighted by Crippen LogP contribution is -2.00. The van der Waals surface area contributed by atoms with Crippen LogP contribution in [0, 0.1) is 0 Å². The number of nitrogens with zero attached hydrogens (tertiary/aromatic N) is 4. The van der Waals surface area contributed by atoms with Gasteiger partial charge in [-0.05, 0) is 58.3 Å². The molecule has 0 aliphatic carbocycles. The summed E-state index contributed by atoms with van der Waals surface area (Å²) < 4.78 is 125. The Morgan fingerprint density at radius 1 is 0.444 bits per heavy atom. The van der Waals surface area contributed by atoms with Crippen molar-refractivity contribution in [1.82, 2.24) is 19.5 Å². The number of hydrogen-bond donors (Lipinski definition) is 0. The van der Waals surface area contributed by atoms with E-state index in [1.807, 2.05) is 42.5 Å². The average Bonchev–Trinajstić information content (AvgIpc) is 3.88. The summed E-state index contributed by atoms with van der Waals surface area (Å²) in [5.74, 6) is -0.891. The maximum absolute atomic E-state index is 9.21. The largest absolute Gasteiger partial charge is 0.309 e. The quantitative estimate of drug-likeness (QED) is 0.178. The van der Waals surface area contributed by atoms with Crippen molar-refractivity contribution in [1.29, 1.82) is 0 Å². The molecular weight excluding hydrogens is 677 g/mol. The molecule has 252 valence electrons. The minimum Gasteiger partial charge on any atom is -0.309 e. The van der Waals surface area contributed by atoms with Gasteiger partial charge >= 0.3 is 0 Å². The van der Waals surface area contributed by atoms with Crippen LogP contribution in [-0.2, 0) is 0 Å². The van der Waals surface area contributed by atoms with Crippen molar-refractivity contribution in [2.24, 2.45) is 0 Å². The van der Waals surface area contributed by atoms with E-state index >= 15 is 0 Å². The van der Waals surface area contributed by atoms with Crippen LogP contribution < -0.4 is 0 Å². The van der Waals surface area contributed by atoms with Gasteiger partial charge in [-0.1, -0.05) is 145 Å². The molecule has 11 rings (SSSR count). The predicted molar refractivity (Wildman–Crippen MR) is 226 cm³/mol. The number of rotatable bonds is 5. The van der Waals surface area contributed by atoms with Gasteiger partial charge in [-0.15, -0.1) is 11.3 Å². The van der Waals surface area contributed by atoms with E-state index < -0.39 is 118 Å². The van der Waals surface area contributed by atoms with Crippen molar-refractivity contribution < 1.29 is 19.2 Å². The fraction of sp³-hybridized carbons (Fsp3) is 0. The maximum atomic E-state index is 9.21. The molecular formula is C49H30N4S. The zero-order valence-electron chi connectivity index (χ0n) is 41.9. The Kier molecular flexibility index (Phi) is 4.51. The maximum Gasteiger partial charge on any atom is 0.164 e. The van der Waals surface area contributed by atoms with Gasteiger partial charge in [-0.25, -0.2) is 15.0 Å². The molecule has 3 aromatic heterocycles. The molecule has 0 spiro atoms. The van der Waals surface area contributed by atoms with Crippen molar-refractivity contribution in [2.45, 2.75) is 0 Å². The zero-order valence-corrected chi connectivity index (χ0v) is 28.8. The highest BCUT2D eigenvalue weighted by atomic mass is 32.1. The standard InChI is InChI=1S/C49H30N4S/c1-3-12-31(13-4-1)32-22-24-34(25-23-32)48-50-47(33-14-5-2-6-15-33)51-49(52-48)40-19-11-21-44-46(40)39-27-26-37(30-45(39)54-44)53-42-20-10-9-18-38(42)41-28-35-16-7-8-17-36(35)29-43(41)53/h1-30H/i1D,2D,3D,4D,5D,6D,12D,13D,14D,15D,22D,23D,24D,25D. The van der Waals surface area contributed by atoms with Crippen LogP contribution in [-0.4, -0.2) is 19.5 Å². The molecule has 8 aromatic carbocycles. The molecule has 0 aliphatic heterocycles.